The molecule has 0 aromatic carbocycles. The molecule has 3 fully saturated rings. The highest BCUT2D eigenvalue weighted by Crippen LogP contribution is 2.49. The first-order valence-electron chi connectivity index (χ1n) is 4.80. The average Bonchev–Trinajstić information content (AvgIpc) is 1.99. The summed E-state index contributed by atoms with van der Waals surface area (Å²) in [5.41, 5.74) is -0.661. The van der Waals surface area contributed by atoms with Gasteiger partial charge in [0.15, 0.2) is 0 Å². The van der Waals surface area contributed by atoms with E-state index >= 15 is 0 Å². The van der Waals surface area contributed by atoms with Crippen molar-refractivity contribution in [3.8, 4) is 0 Å². The zero-order valence-electron chi connectivity index (χ0n) is 7.71. The lowest BCUT2D eigenvalue weighted by molar-refractivity contribution is -0.160. The molecule has 0 aromatic heterocycles. The first kappa shape index (κ1) is 8.24. The molecule has 3 saturated carbocycles. The van der Waals surface area contributed by atoms with Gasteiger partial charge in [0.05, 0.1) is 5.60 Å². The van der Waals surface area contributed by atoms with Crippen molar-refractivity contribution >= 4 is 5.78 Å². The fourth-order valence-corrected chi connectivity index (χ4v) is 2.87. The number of aliphatic hydroxyl groups is 1. The zero-order chi connectivity index (χ0) is 8.93. The number of hydrogen-bond acceptors (Lipinski definition) is 2. The van der Waals surface area contributed by atoms with Crippen LogP contribution in [0.5, 0.6) is 0 Å². The highest BCUT2D eigenvalue weighted by atomic mass is 16.3. The summed E-state index contributed by atoms with van der Waals surface area (Å²) in [5, 5.41) is 10.1. The molecule has 0 spiro atoms. The number of Topliss-reactive ketones (excluding diaryl/α,β-unsaturated/α-hetero) is 1. The third-order valence-electron chi connectivity index (χ3n) is 4.05. The Hall–Kier alpha value is -0.370. The molecule has 0 aliphatic heterocycles. The van der Waals surface area contributed by atoms with E-state index in [1.165, 1.54) is 0 Å². The minimum Gasteiger partial charge on any atom is -0.389 e. The van der Waals surface area contributed by atoms with Gasteiger partial charge in [0.2, 0.25) is 0 Å². The van der Waals surface area contributed by atoms with E-state index in [1.54, 1.807) is 0 Å². The summed E-state index contributed by atoms with van der Waals surface area (Å²) in [7, 11) is 0. The van der Waals surface area contributed by atoms with Crippen LogP contribution in [0.25, 0.3) is 0 Å². The maximum atomic E-state index is 11.5. The predicted molar refractivity (Wildman–Crippen MR) is 45.6 cm³/mol. The van der Waals surface area contributed by atoms with Gasteiger partial charge in [0, 0.05) is 12.3 Å². The van der Waals surface area contributed by atoms with Gasteiger partial charge < -0.3 is 5.11 Å². The minimum atomic E-state index is -0.661. The standard InChI is InChI=1S/C10H16O2/c1-6-7(2)10(12)4-3-8(6)9(11)5-10/h6-8,12H,3-5H2,1-2H3. The van der Waals surface area contributed by atoms with Crippen molar-refractivity contribution in [2.45, 2.75) is 38.7 Å². The maximum Gasteiger partial charge on any atom is 0.139 e. The van der Waals surface area contributed by atoms with Crippen molar-refractivity contribution < 1.29 is 9.90 Å². The Morgan fingerprint density at radius 1 is 1.50 bits per heavy atom. The molecule has 0 saturated heterocycles. The Balaban J connectivity index is 2.32. The lowest BCUT2D eigenvalue weighted by atomic mass is 9.57. The molecule has 2 nitrogen and oxygen atoms in total. The van der Waals surface area contributed by atoms with Gasteiger partial charge in [0.25, 0.3) is 0 Å². The summed E-state index contributed by atoms with van der Waals surface area (Å²) in [5.74, 6) is 1.21. The lowest BCUT2D eigenvalue weighted by Crippen LogP contribution is -2.55. The summed E-state index contributed by atoms with van der Waals surface area (Å²) < 4.78 is 0. The monoisotopic (exact) mass is 168 g/mol. The Labute approximate surface area is 73.0 Å². The van der Waals surface area contributed by atoms with E-state index in [-0.39, 0.29) is 11.7 Å². The number of rotatable bonds is 0. The second-order valence-corrected chi connectivity index (χ2v) is 4.54. The Kier molecular flexibility index (Phi) is 1.59. The van der Waals surface area contributed by atoms with E-state index < -0.39 is 5.60 Å². The molecule has 2 heteroatoms. The smallest absolute Gasteiger partial charge is 0.139 e. The van der Waals surface area contributed by atoms with Crippen LogP contribution in [0.15, 0.2) is 0 Å². The van der Waals surface area contributed by atoms with Crippen LogP contribution in [0.2, 0.25) is 0 Å². The molecule has 3 aliphatic carbocycles. The van der Waals surface area contributed by atoms with Crippen molar-refractivity contribution in [1.29, 1.82) is 0 Å². The maximum absolute atomic E-state index is 11.5. The van der Waals surface area contributed by atoms with Gasteiger partial charge >= 0.3 is 0 Å². The van der Waals surface area contributed by atoms with Crippen LogP contribution >= 0.6 is 0 Å². The molecule has 3 aliphatic rings. The van der Waals surface area contributed by atoms with Gasteiger partial charge in [-0.05, 0) is 24.7 Å². The number of ketones is 1. The van der Waals surface area contributed by atoms with E-state index in [4.69, 9.17) is 0 Å². The molecule has 4 atom stereocenters. The fraction of sp³-hybridized carbons (Fsp3) is 0.900. The van der Waals surface area contributed by atoms with E-state index in [0.29, 0.717) is 18.3 Å². The van der Waals surface area contributed by atoms with Crippen molar-refractivity contribution in [2.24, 2.45) is 17.8 Å². The highest BCUT2D eigenvalue weighted by Gasteiger charge is 2.52. The van der Waals surface area contributed by atoms with Crippen LogP contribution in [-0.2, 0) is 4.79 Å². The summed E-state index contributed by atoms with van der Waals surface area (Å²) in [6.45, 7) is 4.17. The zero-order valence-corrected chi connectivity index (χ0v) is 7.71. The third kappa shape index (κ3) is 0.875. The minimum absolute atomic E-state index is 0.244. The normalized spacial score (nSPS) is 52.9. The van der Waals surface area contributed by atoms with E-state index in [1.807, 2.05) is 0 Å². The second-order valence-electron chi connectivity index (χ2n) is 4.54. The van der Waals surface area contributed by atoms with Gasteiger partial charge in [-0.15, -0.1) is 0 Å². The summed E-state index contributed by atoms with van der Waals surface area (Å²) in [6.07, 6.45) is 2.14. The van der Waals surface area contributed by atoms with Gasteiger partial charge in [-0.1, -0.05) is 13.8 Å². The van der Waals surface area contributed by atoms with Crippen molar-refractivity contribution in [1.82, 2.24) is 0 Å². The first-order chi connectivity index (χ1) is 5.54. The Bertz CT molecular complexity index is 224. The third-order valence-corrected chi connectivity index (χ3v) is 4.05. The van der Waals surface area contributed by atoms with Gasteiger partial charge in [-0.3, -0.25) is 4.79 Å². The van der Waals surface area contributed by atoms with Crippen LogP contribution in [-0.4, -0.2) is 16.5 Å². The van der Waals surface area contributed by atoms with Gasteiger partial charge in [-0.25, -0.2) is 0 Å². The molecule has 2 bridgehead atoms. The molecular formula is C10H16O2. The van der Waals surface area contributed by atoms with Crippen LogP contribution in [0.3, 0.4) is 0 Å². The van der Waals surface area contributed by atoms with Crippen LogP contribution in [0.4, 0.5) is 0 Å². The number of carbonyl (C=O) groups is 1. The molecule has 0 heterocycles. The molecule has 0 aromatic rings. The van der Waals surface area contributed by atoms with Crippen molar-refractivity contribution in [2.75, 3.05) is 0 Å². The summed E-state index contributed by atoms with van der Waals surface area (Å²) in [4.78, 5) is 11.5. The molecule has 3 rings (SSSR count). The predicted octanol–water partition coefficient (Wildman–Crippen LogP) is 1.37. The molecule has 0 amide bonds. The van der Waals surface area contributed by atoms with Crippen LogP contribution < -0.4 is 0 Å². The highest BCUT2D eigenvalue weighted by molar-refractivity contribution is 5.84. The largest absolute Gasteiger partial charge is 0.389 e. The van der Waals surface area contributed by atoms with Crippen LogP contribution in [0, 0.1) is 17.8 Å². The van der Waals surface area contributed by atoms with E-state index in [2.05, 4.69) is 13.8 Å². The Morgan fingerprint density at radius 3 is 2.67 bits per heavy atom. The lowest BCUT2D eigenvalue weighted by Gasteiger charge is -2.50. The quantitative estimate of drug-likeness (QED) is 0.593. The molecule has 12 heavy (non-hydrogen) atoms. The SMILES string of the molecule is CC1C2CCC(O)(CC2=O)C1C. The topological polar surface area (TPSA) is 37.3 Å². The molecular weight excluding hydrogens is 152 g/mol. The van der Waals surface area contributed by atoms with Gasteiger partial charge in [0.1, 0.15) is 5.78 Å². The molecule has 68 valence electrons. The first-order valence-corrected chi connectivity index (χ1v) is 4.80. The van der Waals surface area contributed by atoms with E-state index in [0.717, 1.165) is 12.8 Å². The number of fused-ring (bicyclic) bond motifs is 3. The number of carbonyl (C=O) groups excluding carboxylic acids is 1. The van der Waals surface area contributed by atoms with Gasteiger partial charge in [-0.2, -0.15) is 0 Å². The molecule has 4 unspecified atom stereocenters. The van der Waals surface area contributed by atoms with Crippen LogP contribution in [0.1, 0.15) is 33.1 Å². The summed E-state index contributed by atoms with van der Waals surface area (Å²) in [6, 6.07) is 0. The van der Waals surface area contributed by atoms with Crippen molar-refractivity contribution in [3.05, 3.63) is 0 Å². The molecule has 1 N–H and O–H groups in total. The average molecular weight is 168 g/mol. The second kappa shape index (κ2) is 2.32. The van der Waals surface area contributed by atoms with Crippen molar-refractivity contribution in [3.63, 3.8) is 0 Å². The Morgan fingerprint density at radius 2 is 2.17 bits per heavy atom. The summed E-state index contributed by atoms with van der Waals surface area (Å²) >= 11 is 0. The van der Waals surface area contributed by atoms with E-state index in [9.17, 15) is 9.90 Å². The fourth-order valence-electron chi connectivity index (χ4n) is 2.87. The number of hydrogen-bond donors (Lipinski definition) is 1. The molecule has 0 radical (unpaired) electrons.